The first-order valence-electron chi connectivity index (χ1n) is 7.88. The van der Waals surface area contributed by atoms with Crippen LogP contribution in [0.25, 0.3) is 6.08 Å². The van der Waals surface area contributed by atoms with E-state index in [1.54, 1.807) is 18.2 Å². The average Bonchev–Trinajstić information content (AvgIpc) is 2.59. The first-order valence-corrected chi connectivity index (χ1v) is 8.25. The molecule has 0 aliphatic heterocycles. The van der Waals surface area contributed by atoms with E-state index < -0.39 is 5.91 Å². The molecule has 4 nitrogen and oxygen atoms in total. The Labute approximate surface area is 152 Å². The van der Waals surface area contributed by atoms with Crippen LogP contribution in [-0.4, -0.2) is 12.5 Å². The summed E-state index contributed by atoms with van der Waals surface area (Å²) in [6.07, 6.45) is 1.50. The van der Waals surface area contributed by atoms with E-state index in [1.807, 2.05) is 45.0 Å². The number of benzene rings is 2. The van der Waals surface area contributed by atoms with Crippen LogP contribution < -0.4 is 10.1 Å². The maximum atomic E-state index is 12.4. The SMILES string of the molecule is CCOc1ccc(/C=C(/C#N)C(=O)Nc2cccc(C)c2C)cc1Cl. The highest BCUT2D eigenvalue weighted by Crippen LogP contribution is 2.26. The van der Waals surface area contributed by atoms with Crippen LogP contribution in [0.15, 0.2) is 42.0 Å². The second kappa shape index (κ2) is 8.36. The lowest BCUT2D eigenvalue weighted by Crippen LogP contribution is -2.14. The predicted octanol–water partition coefficient (Wildman–Crippen LogP) is 4.90. The molecule has 1 amide bonds. The highest BCUT2D eigenvalue weighted by molar-refractivity contribution is 6.32. The Kier molecular flexibility index (Phi) is 6.21. The number of halogens is 1. The van der Waals surface area contributed by atoms with Crippen molar-refractivity contribution < 1.29 is 9.53 Å². The van der Waals surface area contributed by atoms with Crippen molar-refractivity contribution >= 4 is 29.3 Å². The minimum absolute atomic E-state index is 0.00105. The quantitative estimate of drug-likeness (QED) is 0.613. The van der Waals surface area contributed by atoms with Gasteiger partial charge in [-0.25, -0.2) is 0 Å². The Morgan fingerprint density at radius 3 is 2.72 bits per heavy atom. The number of carbonyl (C=O) groups is 1. The first-order chi connectivity index (χ1) is 12.0. The zero-order chi connectivity index (χ0) is 18.4. The van der Waals surface area contributed by atoms with Gasteiger partial charge in [-0.3, -0.25) is 4.79 Å². The largest absolute Gasteiger partial charge is 0.492 e. The van der Waals surface area contributed by atoms with Crippen molar-refractivity contribution in [1.82, 2.24) is 0 Å². The van der Waals surface area contributed by atoms with Crippen molar-refractivity contribution in [3.63, 3.8) is 0 Å². The average molecular weight is 355 g/mol. The molecule has 0 aliphatic carbocycles. The number of amides is 1. The lowest BCUT2D eigenvalue weighted by Gasteiger charge is -2.10. The standard InChI is InChI=1S/C20H19ClN2O2/c1-4-25-19-9-8-15(11-17(19)21)10-16(12-22)20(24)23-18-7-5-6-13(2)14(18)3/h5-11H,4H2,1-3H3,(H,23,24)/b16-10-. The number of carbonyl (C=O) groups excluding carboxylic acids is 1. The van der Waals surface area contributed by atoms with Crippen LogP contribution in [0.5, 0.6) is 5.75 Å². The topological polar surface area (TPSA) is 62.1 Å². The number of nitriles is 1. The zero-order valence-corrected chi connectivity index (χ0v) is 15.1. The van der Waals surface area contributed by atoms with E-state index in [0.717, 1.165) is 11.1 Å². The van der Waals surface area contributed by atoms with Gasteiger partial charge >= 0.3 is 0 Å². The number of anilines is 1. The van der Waals surface area contributed by atoms with Crippen LogP contribution in [0, 0.1) is 25.2 Å². The maximum absolute atomic E-state index is 12.4. The highest BCUT2D eigenvalue weighted by Gasteiger charge is 2.12. The van der Waals surface area contributed by atoms with Crippen molar-refractivity contribution in [2.24, 2.45) is 0 Å². The van der Waals surface area contributed by atoms with Crippen LogP contribution in [0.4, 0.5) is 5.69 Å². The van der Waals surface area contributed by atoms with Gasteiger partial charge < -0.3 is 10.1 Å². The third-order valence-corrected chi connectivity index (χ3v) is 4.08. The van der Waals surface area contributed by atoms with Gasteiger partial charge in [0, 0.05) is 5.69 Å². The molecule has 0 unspecified atom stereocenters. The van der Waals surface area contributed by atoms with Gasteiger partial charge in [0.1, 0.15) is 17.4 Å². The third-order valence-electron chi connectivity index (χ3n) is 3.78. The van der Waals surface area contributed by atoms with Gasteiger partial charge in [0.15, 0.2) is 0 Å². The molecule has 1 N–H and O–H groups in total. The van der Waals surface area contributed by atoms with E-state index in [0.29, 0.717) is 28.6 Å². The molecule has 0 saturated heterocycles. The molecule has 128 valence electrons. The number of nitrogens with one attached hydrogen (secondary N) is 1. The molecule has 25 heavy (non-hydrogen) atoms. The van der Waals surface area contributed by atoms with Gasteiger partial charge in [-0.15, -0.1) is 0 Å². The Hall–Kier alpha value is -2.77. The zero-order valence-electron chi connectivity index (χ0n) is 14.4. The fourth-order valence-corrected chi connectivity index (χ4v) is 2.51. The molecule has 2 aromatic rings. The number of ether oxygens (including phenoxy) is 1. The van der Waals surface area contributed by atoms with E-state index in [4.69, 9.17) is 16.3 Å². The Bertz CT molecular complexity index is 866. The summed E-state index contributed by atoms with van der Waals surface area (Å²) in [5.41, 5.74) is 3.38. The van der Waals surface area contributed by atoms with E-state index in [9.17, 15) is 10.1 Å². The highest BCUT2D eigenvalue weighted by atomic mass is 35.5. The number of rotatable bonds is 5. The second-order valence-electron chi connectivity index (χ2n) is 5.49. The van der Waals surface area contributed by atoms with Gasteiger partial charge in [-0.1, -0.05) is 29.8 Å². The van der Waals surface area contributed by atoms with Crippen molar-refractivity contribution in [3.05, 3.63) is 63.7 Å². The molecular weight excluding hydrogens is 336 g/mol. The number of aryl methyl sites for hydroxylation is 1. The van der Waals surface area contributed by atoms with E-state index in [1.165, 1.54) is 6.08 Å². The van der Waals surface area contributed by atoms with Gasteiger partial charge in [0.05, 0.1) is 11.6 Å². The monoisotopic (exact) mass is 354 g/mol. The molecule has 0 spiro atoms. The normalized spacial score (nSPS) is 10.9. The Morgan fingerprint density at radius 2 is 2.08 bits per heavy atom. The van der Waals surface area contributed by atoms with E-state index >= 15 is 0 Å². The summed E-state index contributed by atoms with van der Waals surface area (Å²) in [6, 6.07) is 12.7. The summed E-state index contributed by atoms with van der Waals surface area (Å²) < 4.78 is 5.38. The molecule has 0 bridgehead atoms. The summed E-state index contributed by atoms with van der Waals surface area (Å²) in [6.45, 7) is 6.27. The number of hydrogen-bond acceptors (Lipinski definition) is 3. The third kappa shape index (κ3) is 4.62. The van der Waals surface area contributed by atoms with Crippen molar-refractivity contribution in [1.29, 1.82) is 5.26 Å². The first kappa shape index (κ1) is 18.6. The summed E-state index contributed by atoms with van der Waals surface area (Å²) in [4.78, 5) is 12.4. The minimum atomic E-state index is -0.457. The van der Waals surface area contributed by atoms with E-state index in [2.05, 4.69) is 5.32 Å². The van der Waals surface area contributed by atoms with Crippen LogP contribution in [0.2, 0.25) is 5.02 Å². The second-order valence-corrected chi connectivity index (χ2v) is 5.90. The molecule has 2 aromatic carbocycles. The summed E-state index contributed by atoms with van der Waals surface area (Å²) in [5, 5.41) is 12.5. The van der Waals surface area contributed by atoms with Crippen molar-refractivity contribution in [2.75, 3.05) is 11.9 Å². The molecular formula is C20H19ClN2O2. The summed E-state index contributed by atoms with van der Waals surface area (Å²) in [7, 11) is 0. The lowest BCUT2D eigenvalue weighted by atomic mass is 10.1. The smallest absolute Gasteiger partial charge is 0.266 e. The molecule has 0 aliphatic rings. The van der Waals surface area contributed by atoms with Gasteiger partial charge in [-0.05, 0) is 61.7 Å². The van der Waals surface area contributed by atoms with Crippen molar-refractivity contribution in [2.45, 2.75) is 20.8 Å². The number of hydrogen-bond donors (Lipinski definition) is 1. The minimum Gasteiger partial charge on any atom is -0.492 e. The van der Waals surface area contributed by atoms with Crippen LogP contribution in [-0.2, 0) is 4.79 Å². The molecule has 0 saturated carbocycles. The molecule has 0 aromatic heterocycles. The van der Waals surface area contributed by atoms with Gasteiger partial charge in [0.2, 0.25) is 0 Å². The van der Waals surface area contributed by atoms with Crippen LogP contribution >= 0.6 is 11.6 Å². The van der Waals surface area contributed by atoms with E-state index in [-0.39, 0.29) is 5.57 Å². The van der Waals surface area contributed by atoms with Gasteiger partial charge in [-0.2, -0.15) is 5.26 Å². The molecule has 2 rings (SSSR count). The number of nitrogens with zero attached hydrogens (tertiary/aromatic N) is 1. The fourth-order valence-electron chi connectivity index (χ4n) is 2.27. The Balaban J connectivity index is 2.25. The lowest BCUT2D eigenvalue weighted by molar-refractivity contribution is -0.112. The molecule has 0 radical (unpaired) electrons. The molecule has 0 heterocycles. The maximum Gasteiger partial charge on any atom is 0.266 e. The molecule has 5 heteroatoms. The van der Waals surface area contributed by atoms with Crippen LogP contribution in [0.1, 0.15) is 23.6 Å². The summed E-state index contributed by atoms with van der Waals surface area (Å²) in [5.74, 6) is 0.112. The fraction of sp³-hybridized carbons (Fsp3) is 0.200. The van der Waals surface area contributed by atoms with Crippen LogP contribution in [0.3, 0.4) is 0 Å². The van der Waals surface area contributed by atoms with Gasteiger partial charge in [0.25, 0.3) is 5.91 Å². The molecule has 0 atom stereocenters. The van der Waals surface area contributed by atoms with Crippen molar-refractivity contribution in [3.8, 4) is 11.8 Å². The Morgan fingerprint density at radius 1 is 1.32 bits per heavy atom. The predicted molar refractivity (Wildman–Crippen MR) is 101 cm³/mol. The summed E-state index contributed by atoms with van der Waals surface area (Å²) >= 11 is 6.14. The molecule has 0 fully saturated rings.